The van der Waals surface area contributed by atoms with Gasteiger partial charge in [0.1, 0.15) is 0 Å². The van der Waals surface area contributed by atoms with Crippen molar-refractivity contribution in [1.29, 1.82) is 0 Å². The number of nitrogens with zero attached hydrogens (tertiary/aromatic N) is 2. The molecular formula is C36H25BN2O2. The monoisotopic (exact) mass is 528 g/mol. The van der Waals surface area contributed by atoms with Crippen molar-refractivity contribution < 1.29 is 10.0 Å². The number of rotatable bonds is 4. The van der Waals surface area contributed by atoms with Gasteiger partial charge >= 0.3 is 7.12 Å². The first-order valence-corrected chi connectivity index (χ1v) is 13.8. The molecule has 194 valence electrons. The molecule has 0 radical (unpaired) electrons. The first kappa shape index (κ1) is 23.8. The molecule has 0 saturated carbocycles. The molecule has 2 aromatic heterocycles. The van der Waals surface area contributed by atoms with Gasteiger partial charge < -0.3 is 19.2 Å². The van der Waals surface area contributed by atoms with E-state index in [2.05, 4.69) is 112 Å². The van der Waals surface area contributed by atoms with Crippen LogP contribution in [-0.4, -0.2) is 26.3 Å². The smallest absolute Gasteiger partial charge is 0.423 e. The largest absolute Gasteiger partial charge is 0.488 e. The Balaban J connectivity index is 1.29. The summed E-state index contributed by atoms with van der Waals surface area (Å²) in [5.74, 6) is 0. The second kappa shape index (κ2) is 9.24. The molecular weight excluding hydrogens is 503 g/mol. The second-order valence-corrected chi connectivity index (χ2v) is 10.5. The van der Waals surface area contributed by atoms with Crippen molar-refractivity contribution in [3.05, 3.63) is 140 Å². The highest BCUT2D eigenvalue weighted by Gasteiger charge is 2.18. The minimum atomic E-state index is -1.52. The number of hydrogen-bond donors (Lipinski definition) is 2. The van der Waals surface area contributed by atoms with Crippen LogP contribution in [0, 0.1) is 0 Å². The second-order valence-electron chi connectivity index (χ2n) is 10.5. The Morgan fingerprint density at radius 3 is 1.51 bits per heavy atom. The molecule has 4 nitrogen and oxygen atoms in total. The van der Waals surface area contributed by atoms with Gasteiger partial charge in [-0.1, -0.05) is 84.9 Å². The summed E-state index contributed by atoms with van der Waals surface area (Å²) in [6, 6.07) is 48.3. The lowest BCUT2D eigenvalue weighted by Crippen LogP contribution is -2.29. The molecule has 0 saturated heterocycles. The van der Waals surface area contributed by atoms with Gasteiger partial charge in [-0.2, -0.15) is 0 Å². The molecule has 0 aliphatic rings. The summed E-state index contributed by atoms with van der Waals surface area (Å²) in [5, 5.41) is 24.3. The first-order valence-electron chi connectivity index (χ1n) is 13.8. The highest BCUT2D eigenvalue weighted by molar-refractivity contribution is 6.59. The quantitative estimate of drug-likeness (QED) is 0.237. The van der Waals surface area contributed by atoms with Crippen molar-refractivity contribution in [2.45, 2.75) is 0 Å². The number of benzene rings is 6. The predicted octanol–water partition coefficient (Wildman–Crippen LogP) is 7.23. The molecule has 41 heavy (non-hydrogen) atoms. The fraction of sp³-hybridized carbons (Fsp3) is 0. The van der Waals surface area contributed by atoms with Gasteiger partial charge in [0.15, 0.2) is 0 Å². The maximum atomic E-state index is 9.89. The molecule has 0 atom stereocenters. The van der Waals surface area contributed by atoms with E-state index in [-0.39, 0.29) is 0 Å². The van der Waals surface area contributed by atoms with Crippen molar-refractivity contribution in [2.24, 2.45) is 0 Å². The van der Waals surface area contributed by atoms with Crippen LogP contribution in [0.25, 0.3) is 66.1 Å². The van der Waals surface area contributed by atoms with Crippen LogP contribution in [0.2, 0.25) is 0 Å². The van der Waals surface area contributed by atoms with Crippen LogP contribution in [0.5, 0.6) is 0 Å². The van der Waals surface area contributed by atoms with Gasteiger partial charge in [-0.05, 0) is 71.2 Å². The Bertz CT molecular complexity index is 2180. The van der Waals surface area contributed by atoms with Gasteiger partial charge in [0.25, 0.3) is 0 Å². The van der Waals surface area contributed by atoms with E-state index in [0.717, 1.165) is 44.3 Å². The van der Waals surface area contributed by atoms with Crippen molar-refractivity contribution in [3.63, 3.8) is 0 Å². The van der Waals surface area contributed by atoms with E-state index < -0.39 is 7.12 Å². The molecule has 0 aliphatic carbocycles. The Kier molecular flexibility index (Phi) is 5.35. The minimum Gasteiger partial charge on any atom is -0.423 e. The number of para-hydroxylation sites is 3. The van der Waals surface area contributed by atoms with E-state index in [4.69, 9.17) is 0 Å². The van der Waals surface area contributed by atoms with Crippen LogP contribution < -0.4 is 5.46 Å². The topological polar surface area (TPSA) is 50.3 Å². The summed E-state index contributed by atoms with van der Waals surface area (Å²) in [5.41, 5.74) is 9.37. The van der Waals surface area contributed by atoms with Crippen molar-refractivity contribution in [1.82, 2.24) is 9.13 Å². The molecule has 0 spiro atoms. The fourth-order valence-corrected chi connectivity index (χ4v) is 6.24. The van der Waals surface area contributed by atoms with Crippen LogP contribution in [-0.2, 0) is 0 Å². The summed E-state index contributed by atoms with van der Waals surface area (Å²) in [6.07, 6.45) is 0. The third-order valence-corrected chi connectivity index (χ3v) is 8.14. The van der Waals surface area contributed by atoms with Gasteiger partial charge in [0, 0.05) is 32.9 Å². The average molecular weight is 528 g/mol. The zero-order chi connectivity index (χ0) is 27.5. The zero-order valence-corrected chi connectivity index (χ0v) is 22.1. The van der Waals surface area contributed by atoms with Crippen molar-refractivity contribution in [2.75, 3.05) is 0 Å². The summed E-state index contributed by atoms with van der Waals surface area (Å²) in [7, 11) is -1.52. The van der Waals surface area contributed by atoms with E-state index >= 15 is 0 Å². The number of fused-ring (bicyclic) bond motifs is 6. The van der Waals surface area contributed by atoms with E-state index in [0.29, 0.717) is 5.46 Å². The highest BCUT2D eigenvalue weighted by atomic mass is 16.4. The van der Waals surface area contributed by atoms with Gasteiger partial charge in [0.2, 0.25) is 0 Å². The summed E-state index contributed by atoms with van der Waals surface area (Å²) in [6.45, 7) is 0. The summed E-state index contributed by atoms with van der Waals surface area (Å²) >= 11 is 0. The van der Waals surface area contributed by atoms with Crippen LogP contribution >= 0.6 is 0 Å². The number of hydrogen-bond acceptors (Lipinski definition) is 2. The van der Waals surface area contributed by atoms with E-state index in [1.54, 1.807) is 6.07 Å². The summed E-state index contributed by atoms with van der Waals surface area (Å²) in [4.78, 5) is 0. The molecule has 8 rings (SSSR count). The molecule has 0 aliphatic heterocycles. The molecule has 6 aromatic carbocycles. The van der Waals surface area contributed by atoms with Crippen molar-refractivity contribution >= 4 is 56.2 Å². The third-order valence-electron chi connectivity index (χ3n) is 8.14. The molecule has 2 heterocycles. The average Bonchev–Trinajstić information content (AvgIpc) is 3.54. The van der Waals surface area contributed by atoms with Crippen molar-refractivity contribution in [3.8, 4) is 22.5 Å². The Morgan fingerprint density at radius 2 is 0.878 bits per heavy atom. The lowest BCUT2D eigenvalue weighted by Gasteiger charge is -2.10. The summed E-state index contributed by atoms with van der Waals surface area (Å²) < 4.78 is 4.56. The zero-order valence-electron chi connectivity index (χ0n) is 22.1. The normalized spacial score (nSPS) is 11.7. The predicted molar refractivity (Wildman–Crippen MR) is 170 cm³/mol. The number of aromatic nitrogens is 2. The Morgan fingerprint density at radius 1 is 0.390 bits per heavy atom. The first-order chi connectivity index (χ1) is 20.2. The van der Waals surface area contributed by atoms with Gasteiger partial charge in [-0.15, -0.1) is 0 Å². The molecule has 8 aromatic rings. The lowest BCUT2D eigenvalue weighted by molar-refractivity contribution is 0.426. The molecule has 0 bridgehead atoms. The van der Waals surface area contributed by atoms with Crippen LogP contribution in [0.15, 0.2) is 140 Å². The van der Waals surface area contributed by atoms with Gasteiger partial charge in [-0.25, -0.2) is 0 Å². The lowest BCUT2D eigenvalue weighted by atomic mass is 9.80. The standard InChI is InChI=1S/C36H25BN2O2/c40-37(41)26-17-21-36-32(23-26)31-22-25(16-20-35(31)38(36)27-8-2-1-3-9-27)24-14-18-28(19-15-24)39-33-12-6-4-10-29(33)30-11-5-7-13-34(30)39/h1-23,40-41H. The maximum Gasteiger partial charge on any atom is 0.488 e. The van der Waals surface area contributed by atoms with E-state index in [1.165, 1.54) is 21.8 Å². The highest BCUT2D eigenvalue weighted by Crippen LogP contribution is 2.36. The van der Waals surface area contributed by atoms with Gasteiger partial charge in [-0.3, -0.25) is 0 Å². The SMILES string of the molecule is OB(O)c1ccc2c(c1)c1cc(-c3ccc(-n4c5ccccc5c5ccccc54)cc3)ccc1n2-c1ccccc1. The van der Waals surface area contributed by atoms with E-state index in [1.807, 2.05) is 30.3 Å². The van der Waals surface area contributed by atoms with Crippen LogP contribution in [0.4, 0.5) is 0 Å². The molecule has 0 amide bonds. The Labute approximate surface area is 237 Å². The van der Waals surface area contributed by atoms with Crippen LogP contribution in [0.3, 0.4) is 0 Å². The van der Waals surface area contributed by atoms with Crippen LogP contribution in [0.1, 0.15) is 0 Å². The Hall–Kier alpha value is -5.10. The third kappa shape index (κ3) is 3.71. The molecule has 0 unspecified atom stereocenters. The molecule has 5 heteroatoms. The minimum absolute atomic E-state index is 0.477. The van der Waals surface area contributed by atoms with Gasteiger partial charge in [0.05, 0.1) is 22.1 Å². The maximum absolute atomic E-state index is 9.89. The molecule has 0 fully saturated rings. The van der Waals surface area contributed by atoms with E-state index in [9.17, 15) is 10.0 Å². The molecule has 2 N–H and O–H groups in total. The fourth-order valence-electron chi connectivity index (χ4n) is 6.24.